The van der Waals surface area contributed by atoms with Gasteiger partial charge in [0.25, 0.3) is 0 Å². The van der Waals surface area contributed by atoms with E-state index in [0.717, 1.165) is 38.5 Å². The van der Waals surface area contributed by atoms with E-state index in [1.54, 1.807) is 12.2 Å². The van der Waals surface area contributed by atoms with Crippen LogP contribution < -0.4 is 0 Å². The van der Waals surface area contributed by atoms with Crippen molar-refractivity contribution in [2.45, 2.75) is 187 Å². The molecule has 6 nitrogen and oxygen atoms in total. The molecule has 0 aromatic rings. The lowest BCUT2D eigenvalue weighted by molar-refractivity contribution is -0.156. The second kappa shape index (κ2) is 27.7. The van der Waals surface area contributed by atoms with Gasteiger partial charge in [-0.15, -0.1) is 0 Å². The number of hydrogen-bond donors (Lipinski definition) is 0. The lowest BCUT2D eigenvalue weighted by Crippen LogP contribution is -2.25. The Bertz CT molecular complexity index is 848. The zero-order valence-electron chi connectivity index (χ0n) is 31.7. The predicted octanol–water partition coefficient (Wildman–Crippen LogP) is 11.6. The van der Waals surface area contributed by atoms with E-state index in [9.17, 15) is 14.4 Å². The van der Waals surface area contributed by atoms with Crippen LogP contribution in [0.3, 0.4) is 0 Å². The van der Waals surface area contributed by atoms with Gasteiger partial charge >= 0.3 is 17.9 Å². The van der Waals surface area contributed by atoms with Gasteiger partial charge in [-0.3, -0.25) is 14.4 Å². The number of carbonyl (C=O) groups is 3. The molecule has 1 aliphatic carbocycles. The summed E-state index contributed by atoms with van der Waals surface area (Å²) in [7, 11) is 0. The van der Waals surface area contributed by atoms with E-state index in [-0.39, 0.29) is 49.9 Å². The normalized spacial score (nSPS) is 20.6. The summed E-state index contributed by atoms with van der Waals surface area (Å²) in [6.07, 6.45) is 29.9. The van der Waals surface area contributed by atoms with E-state index in [2.05, 4.69) is 20.1 Å². The first-order chi connectivity index (χ1) is 23.1. The van der Waals surface area contributed by atoms with E-state index < -0.39 is 5.60 Å². The first-order valence-corrected chi connectivity index (χ1v) is 19.8. The van der Waals surface area contributed by atoms with Gasteiger partial charge in [-0.05, 0) is 70.1 Å². The molecule has 0 amide bonds. The van der Waals surface area contributed by atoms with Gasteiger partial charge in [-0.2, -0.15) is 0 Å². The molecular formula is C42H74O6. The second-order valence-electron chi connectivity index (χ2n) is 15.6. The Morgan fingerprint density at radius 1 is 0.625 bits per heavy atom. The maximum Gasteiger partial charge on any atom is 0.306 e. The van der Waals surface area contributed by atoms with Crippen LogP contribution in [0.5, 0.6) is 0 Å². The van der Waals surface area contributed by atoms with Gasteiger partial charge in [0.05, 0.1) is 0 Å². The molecule has 3 atom stereocenters. The van der Waals surface area contributed by atoms with E-state index in [1.807, 2.05) is 20.8 Å². The SMILES string of the molecule is C=CCOC(=O)CC(CC(=O)OCC=C)CC(CC)CC1CCCCCCCCCCCCCCC(CC(=O)OC(C)(C)C)CCCC1. The van der Waals surface area contributed by atoms with Crippen molar-refractivity contribution < 1.29 is 28.6 Å². The molecule has 1 fully saturated rings. The van der Waals surface area contributed by atoms with Crippen molar-refractivity contribution in [3.8, 4) is 0 Å². The molecule has 0 aliphatic heterocycles. The summed E-state index contributed by atoms with van der Waals surface area (Å²) in [6.45, 7) is 15.7. The Hall–Kier alpha value is -2.11. The van der Waals surface area contributed by atoms with E-state index in [0.29, 0.717) is 24.2 Å². The molecule has 0 saturated heterocycles. The molecule has 0 bridgehead atoms. The molecule has 0 spiro atoms. The summed E-state index contributed by atoms with van der Waals surface area (Å²) >= 11 is 0. The third-order valence-electron chi connectivity index (χ3n) is 9.87. The number of carbonyl (C=O) groups excluding carboxylic acids is 3. The molecule has 0 N–H and O–H groups in total. The largest absolute Gasteiger partial charge is 0.461 e. The highest BCUT2D eigenvalue weighted by Gasteiger charge is 2.25. The standard InChI is InChI=1S/C42H74O6/c1-7-28-46-39(43)33-38(34-40(44)47-29-8-2)31-35(9-3)30-36-24-20-18-16-14-12-10-11-13-15-17-19-21-25-37(27-23-22-26-36)32-41(45)48-42(4,5)6/h7-8,35-38H,1-2,9-34H2,3-6H3. The van der Waals surface area contributed by atoms with Gasteiger partial charge in [0.2, 0.25) is 0 Å². The van der Waals surface area contributed by atoms with Crippen LogP contribution in [0.15, 0.2) is 25.3 Å². The van der Waals surface area contributed by atoms with Crippen LogP contribution in [-0.4, -0.2) is 36.7 Å². The maximum atomic E-state index is 12.8. The zero-order chi connectivity index (χ0) is 35.5. The van der Waals surface area contributed by atoms with Crippen LogP contribution in [0.2, 0.25) is 0 Å². The van der Waals surface area contributed by atoms with Crippen molar-refractivity contribution in [2.75, 3.05) is 13.2 Å². The summed E-state index contributed by atoms with van der Waals surface area (Å²) < 4.78 is 16.3. The first-order valence-electron chi connectivity index (χ1n) is 19.8. The molecule has 0 aromatic carbocycles. The maximum absolute atomic E-state index is 12.8. The quantitative estimate of drug-likeness (QED) is 0.0977. The van der Waals surface area contributed by atoms with Crippen molar-refractivity contribution in [1.29, 1.82) is 0 Å². The van der Waals surface area contributed by atoms with E-state index in [1.165, 1.54) is 96.3 Å². The zero-order valence-corrected chi connectivity index (χ0v) is 31.7. The van der Waals surface area contributed by atoms with Crippen LogP contribution >= 0.6 is 0 Å². The molecule has 0 radical (unpaired) electrons. The van der Waals surface area contributed by atoms with Gasteiger partial charge in [-0.25, -0.2) is 0 Å². The molecule has 0 aromatic heterocycles. The molecule has 3 unspecified atom stereocenters. The fourth-order valence-electron chi connectivity index (χ4n) is 7.35. The second-order valence-corrected chi connectivity index (χ2v) is 15.6. The smallest absolute Gasteiger partial charge is 0.306 e. The van der Waals surface area contributed by atoms with Crippen LogP contribution in [-0.2, 0) is 28.6 Å². The molecule has 1 saturated carbocycles. The minimum Gasteiger partial charge on any atom is -0.461 e. The molecule has 6 heteroatoms. The van der Waals surface area contributed by atoms with Crippen LogP contribution in [0.25, 0.3) is 0 Å². The van der Waals surface area contributed by atoms with Crippen LogP contribution in [0, 0.1) is 23.7 Å². The van der Waals surface area contributed by atoms with Crippen LogP contribution in [0.4, 0.5) is 0 Å². The van der Waals surface area contributed by atoms with E-state index in [4.69, 9.17) is 14.2 Å². The summed E-state index contributed by atoms with van der Waals surface area (Å²) in [6, 6.07) is 0. The number of esters is 3. The average molecular weight is 675 g/mol. The third-order valence-corrected chi connectivity index (χ3v) is 9.87. The Kier molecular flexibility index (Phi) is 25.3. The van der Waals surface area contributed by atoms with Crippen molar-refractivity contribution in [1.82, 2.24) is 0 Å². The lowest BCUT2D eigenvalue weighted by atomic mass is 9.79. The van der Waals surface area contributed by atoms with Gasteiger partial charge in [0.15, 0.2) is 0 Å². The monoisotopic (exact) mass is 675 g/mol. The van der Waals surface area contributed by atoms with E-state index >= 15 is 0 Å². The number of rotatable bonds is 15. The van der Waals surface area contributed by atoms with Gasteiger partial charge in [0, 0.05) is 19.3 Å². The molecule has 1 rings (SSSR count). The summed E-state index contributed by atoms with van der Waals surface area (Å²) in [5, 5.41) is 0. The highest BCUT2D eigenvalue weighted by molar-refractivity contribution is 5.73. The minimum atomic E-state index is -0.440. The predicted molar refractivity (Wildman–Crippen MR) is 199 cm³/mol. The summed E-state index contributed by atoms with van der Waals surface area (Å²) in [5.41, 5.74) is -0.440. The Balaban J connectivity index is 2.93. The molecule has 1 aliphatic rings. The van der Waals surface area contributed by atoms with Crippen molar-refractivity contribution in [3.05, 3.63) is 25.3 Å². The lowest BCUT2D eigenvalue weighted by Gasteiger charge is -2.27. The van der Waals surface area contributed by atoms with Crippen molar-refractivity contribution in [2.24, 2.45) is 23.7 Å². The minimum absolute atomic E-state index is 0.0538. The van der Waals surface area contributed by atoms with Gasteiger partial charge < -0.3 is 14.2 Å². The Labute approximate surface area is 295 Å². The molecule has 48 heavy (non-hydrogen) atoms. The Morgan fingerprint density at radius 2 is 1.02 bits per heavy atom. The van der Waals surface area contributed by atoms with Gasteiger partial charge in [0.1, 0.15) is 18.8 Å². The highest BCUT2D eigenvalue weighted by Crippen LogP contribution is 2.33. The molecule has 0 heterocycles. The first kappa shape index (κ1) is 43.9. The highest BCUT2D eigenvalue weighted by atomic mass is 16.6. The fraction of sp³-hybridized carbons (Fsp3) is 0.833. The van der Waals surface area contributed by atoms with Crippen LogP contribution in [0.1, 0.15) is 182 Å². The third kappa shape index (κ3) is 24.9. The topological polar surface area (TPSA) is 78.9 Å². The Morgan fingerprint density at radius 3 is 1.42 bits per heavy atom. The van der Waals surface area contributed by atoms with Gasteiger partial charge in [-0.1, -0.05) is 141 Å². The fourth-order valence-corrected chi connectivity index (χ4v) is 7.35. The average Bonchev–Trinajstić information content (AvgIpc) is 3.02. The van der Waals surface area contributed by atoms with Crippen molar-refractivity contribution in [3.63, 3.8) is 0 Å². The van der Waals surface area contributed by atoms with Crippen molar-refractivity contribution >= 4 is 17.9 Å². The molecular weight excluding hydrogens is 600 g/mol. The number of hydrogen-bond acceptors (Lipinski definition) is 6. The summed E-state index contributed by atoms with van der Waals surface area (Å²) in [5.74, 6) is 0.739. The number of ether oxygens (including phenoxy) is 3. The summed E-state index contributed by atoms with van der Waals surface area (Å²) in [4.78, 5) is 37.9. The molecule has 278 valence electrons.